The minimum atomic E-state index is 0.410. The summed E-state index contributed by atoms with van der Waals surface area (Å²) in [4.78, 5) is 17.5. The third-order valence-electron chi connectivity index (χ3n) is 9.36. The van der Waals surface area contributed by atoms with Crippen LogP contribution >= 0.6 is 15.9 Å². The van der Waals surface area contributed by atoms with Crippen LogP contribution in [0.15, 0.2) is 83.3 Å². The fraction of sp³-hybridized carbons (Fsp3) is 0.304. The first-order chi connectivity index (χ1) is 29.1. The molecular weight excluding hydrogens is 816 g/mol. The molecule has 2 N–H and O–H groups in total. The van der Waals surface area contributed by atoms with E-state index in [2.05, 4.69) is 62.3 Å². The van der Waals surface area contributed by atoms with Gasteiger partial charge in [-0.15, -0.1) is 0 Å². The molecule has 59 heavy (non-hydrogen) atoms. The minimum Gasteiger partial charge on any atom is -0.491 e. The van der Waals surface area contributed by atoms with E-state index in [1.807, 2.05) is 66.8 Å². The summed E-state index contributed by atoms with van der Waals surface area (Å²) in [5.74, 6) is 1.47. The highest BCUT2D eigenvalue weighted by Crippen LogP contribution is 2.36. The largest absolute Gasteiger partial charge is 0.491 e. The molecule has 12 nitrogen and oxygen atoms in total. The molecule has 0 unspecified atom stereocenters. The highest BCUT2D eigenvalue weighted by Gasteiger charge is 2.16. The van der Waals surface area contributed by atoms with Crippen LogP contribution in [0, 0.1) is 0 Å². The van der Waals surface area contributed by atoms with Crippen LogP contribution in [-0.2, 0) is 28.4 Å². The van der Waals surface area contributed by atoms with E-state index in [4.69, 9.17) is 47.9 Å². The van der Waals surface area contributed by atoms with Gasteiger partial charge in [0.25, 0.3) is 0 Å². The third kappa shape index (κ3) is 11.5. The Hall–Kier alpha value is -5.12. The van der Waals surface area contributed by atoms with Gasteiger partial charge < -0.3 is 47.9 Å². The van der Waals surface area contributed by atoms with Crippen molar-refractivity contribution < 1.29 is 37.9 Å². The normalized spacial score (nSPS) is 12.1. The zero-order valence-electron chi connectivity index (χ0n) is 33.3. The number of hydrogen-bond acceptors (Lipinski definition) is 10. The van der Waals surface area contributed by atoms with E-state index in [0.29, 0.717) is 79.3 Å². The summed E-state index contributed by atoms with van der Waals surface area (Å²) in [5.41, 5.74) is 10.7. The van der Waals surface area contributed by atoms with E-state index in [9.17, 15) is 0 Å². The number of halogens is 1. The number of benzene rings is 2. The first kappa shape index (κ1) is 42.0. The van der Waals surface area contributed by atoms with E-state index in [1.165, 1.54) is 0 Å². The van der Waals surface area contributed by atoms with Gasteiger partial charge in [-0.2, -0.15) is 0 Å². The van der Waals surface area contributed by atoms with Gasteiger partial charge in [0.2, 0.25) is 0 Å². The van der Waals surface area contributed by atoms with Gasteiger partial charge in [0.05, 0.1) is 98.8 Å². The molecule has 8 bridgehead atoms. The molecule has 0 aliphatic carbocycles. The Morgan fingerprint density at radius 1 is 0.475 bits per heavy atom. The SMILES string of the molecule is COCCOCCOCCOc1cccc(-c2c3nc(c(Br)c4ccc([nH]4)c(-c4cccc(OCCOCCOCCOC)c4)c4nc(cc5ccc2[nH]5)C=C4)C=C3)c1. The second-order valence-corrected chi connectivity index (χ2v) is 14.3. The molecular formula is C46H49BrN4O8. The summed E-state index contributed by atoms with van der Waals surface area (Å²) in [7, 11) is 3.31. The lowest BCUT2D eigenvalue weighted by atomic mass is 10.0. The lowest BCUT2D eigenvalue weighted by Gasteiger charge is -2.10. The average Bonchev–Trinajstić information content (AvgIpc) is 4.10. The van der Waals surface area contributed by atoms with Crippen molar-refractivity contribution >= 4 is 62.3 Å². The average molecular weight is 866 g/mol. The van der Waals surface area contributed by atoms with Crippen molar-refractivity contribution in [3.05, 3.63) is 106 Å². The summed E-state index contributed by atoms with van der Waals surface area (Å²) in [6.45, 7) is 5.96. The number of ether oxygens (including phenoxy) is 8. The van der Waals surface area contributed by atoms with E-state index < -0.39 is 0 Å². The van der Waals surface area contributed by atoms with Crippen LogP contribution in [0.4, 0.5) is 0 Å². The maximum Gasteiger partial charge on any atom is 0.120 e. The molecule has 0 fully saturated rings. The molecule has 308 valence electrons. The molecule has 5 aromatic rings. The lowest BCUT2D eigenvalue weighted by molar-refractivity contribution is 0.0180. The summed E-state index contributed by atoms with van der Waals surface area (Å²) >= 11 is 3.88. The predicted molar refractivity (Wildman–Crippen MR) is 235 cm³/mol. The first-order valence-electron chi connectivity index (χ1n) is 19.6. The number of aromatic nitrogens is 4. The summed E-state index contributed by atoms with van der Waals surface area (Å²) in [6.07, 6.45) is 8.15. The number of aromatic amines is 2. The topological polar surface area (TPSA) is 131 Å². The molecule has 2 aromatic carbocycles. The van der Waals surface area contributed by atoms with E-state index in [1.54, 1.807) is 14.2 Å². The predicted octanol–water partition coefficient (Wildman–Crippen LogP) is 8.87. The van der Waals surface area contributed by atoms with Gasteiger partial charge in [0.15, 0.2) is 0 Å². The zero-order chi connectivity index (χ0) is 40.7. The molecule has 0 saturated heterocycles. The van der Waals surface area contributed by atoms with Gasteiger partial charge in [0.1, 0.15) is 24.7 Å². The first-order valence-corrected chi connectivity index (χ1v) is 20.4. The number of methoxy groups -OCH3 is 2. The van der Waals surface area contributed by atoms with Gasteiger partial charge in [-0.3, -0.25) is 0 Å². The van der Waals surface area contributed by atoms with E-state index in [-0.39, 0.29) is 0 Å². The third-order valence-corrected chi connectivity index (χ3v) is 10.2. The summed E-state index contributed by atoms with van der Waals surface area (Å²) < 4.78 is 45.4. The van der Waals surface area contributed by atoms with Crippen molar-refractivity contribution in [3.8, 4) is 33.8 Å². The molecule has 0 amide bonds. The Labute approximate surface area is 352 Å². The fourth-order valence-corrected chi connectivity index (χ4v) is 7.01. The van der Waals surface area contributed by atoms with Gasteiger partial charge in [0, 0.05) is 41.9 Å². The molecule has 2 aliphatic heterocycles. The number of nitrogens with one attached hydrogen (secondary N) is 2. The van der Waals surface area contributed by atoms with Gasteiger partial charge >= 0.3 is 0 Å². The van der Waals surface area contributed by atoms with Crippen molar-refractivity contribution in [2.75, 3.05) is 93.5 Å². The lowest BCUT2D eigenvalue weighted by Crippen LogP contribution is -2.12. The van der Waals surface area contributed by atoms with Crippen LogP contribution in [0.5, 0.6) is 11.5 Å². The van der Waals surface area contributed by atoms with Crippen molar-refractivity contribution in [3.63, 3.8) is 0 Å². The van der Waals surface area contributed by atoms with E-state index in [0.717, 1.165) is 83.1 Å². The number of nitrogens with zero attached hydrogens (tertiary/aromatic N) is 2. The Kier molecular flexibility index (Phi) is 15.5. The second kappa shape index (κ2) is 21.8. The molecule has 0 atom stereocenters. The second-order valence-electron chi connectivity index (χ2n) is 13.5. The molecule has 3 aromatic heterocycles. The molecule has 0 spiro atoms. The summed E-state index contributed by atoms with van der Waals surface area (Å²) in [6, 6.07) is 26.4. The molecule has 0 saturated carbocycles. The van der Waals surface area contributed by atoms with Crippen LogP contribution in [0.1, 0.15) is 22.8 Å². The zero-order valence-corrected chi connectivity index (χ0v) is 34.9. The maximum atomic E-state index is 6.11. The van der Waals surface area contributed by atoms with Crippen molar-refractivity contribution in [1.82, 2.24) is 19.9 Å². The fourth-order valence-electron chi connectivity index (χ4n) is 6.56. The molecule has 13 heteroatoms. The van der Waals surface area contributed by atoms with Crippen molar-refractivity contribution in [2.24, 2.45) is 0 Å². The van der Waals surface area contributed by atoms with Crippen LogP contribution in [-0.4, -0.2) is 113 Å². The maximum absolute atomic E-state index is 6.11. The van der Waals surface area contributed by atoms with Crippen molar-refractivity contribution in [1.29, 1.82) is 0 Å². The quantitative estimate of drug-likeness (QED) is 0.0638. The molecule has 5 heterocycles. The summed E-state index contributed by atoms with van der Waals surface area (Å²) in [5, 5.41) is 0. The van der Waals surface area contributed by atoms with Gasteiger partial charge in [-0.25, -0.2) is 9.97 Å². The minimum absolute atomic E-state index is 0.410. The van der Waals surface area contributed by atoms with E-state index >= 15 is 0 Å². The van der Waals surface area contributed by atoms with Gasteiger partial charge in [-0.05, 0) is 106 Å². The highest BCUT2D eigenvalue weighted by atomic mass is 79.9. The number of rotatable bonds is 22. The molecule has 2 aliphatic rings. The van der Waals surface area contributed by atoms with Gasteiger partial charge in [-0.1, -0.05) is 24.3 Å². The Bertz CT molecular complexity index is 2330. The number of H-pyrrole nitrogens is 2. The van der Waals surface area contributed by atoms with Crippen LogP contribution in [0.3, 0.4) is 0 Å². The Morgan fingerprint density at radius 2 is 0.966 bits per heavy atom. The number of fused-ring (bicyclic) bond motifs is 8. The van der Waals surface area contributed by atoms with Crippen LogP contribution in [0.2, 0.25) is 0 Å². The van der Waals surface area contributed by atoms with Crippen molar-refractivity contribution in [2.45, 2.75) is 0 Å². The Morgan fingerprint density at radius 3 is 1.58 bits per heavy atom. The highest BCUT2D eigenvalue weighted by molar-refractivity contribution is 9.10. The molecule has 7 rings (SSSR count). The monoisotopic (exact) mass is 864 g/mol. The molecule has 0 radical (unpaired) electrons. The standard InChI is InChI=1S/C46H49BrN4O8/c1-52-17-19-54-21-23-56-25-27-58-36-7-3-5-32(29-36)44-38-11-9-34(48-38)31-35-10-12-39(49-35)45(41-14-16-43(51-41)46(47)42-15-13-40(44)50-42)33-6-4-8-37(30-33)59-28-26-57-24-22-55-20-18-53-2/h3-16,29-31,48,51H,17-28H2,1-2H3. The van der Waals surface area contributed by atoms with Crippen LogP contribution < -0.4 is 9.47 Å². The van der Waals surface area contributed by atoms with Crippen LogP contribution in [0.25, 0.3) is 68.6 Å². The Balaban J connectivity index is 1.17. The number of hydrogen-bond donors (Lipinski definition) is 2. The smallest absolute Gasteiger partial charge is 0.120 e.